The number of ketones is 1. The number of hydrogen-bond donors (Lipinski definition) is 1. The summed E-state index contributed by atoms with van der Waals surface area (Å²) in [5.74, 6) is 0.734. The zero-order valence-corrected chi connectivity index (χ0v) is 31.6. The number of aryl methyl sites for hydroxylation is 3. The second kappa shape index (κ2) is 15.6. The minimum Gasteiger partial charge on any atom is -0.512 e. The maximum absolute atomic E-state index is 12.2. The van der Waals surface area contributed by atoms with Crippen LogP contribution < -0.4 is 0 Å². The molecule has 1 aliphatic carbocycles. The van der Waals surface area contributed by atoms with Crippen LogP contribution in [0.4, 0.5) is 0 Å². The van der Waals surface area contributed by atoms with E-state index in [0.717, 1.165) is 60.9 Å². The number of aliphatic hydroxyl groups excluding tert-OH is 1. The van der Waals surface area contributed by atoms with Gasteiger partial charge in [0.1, 0.15) is 5.76 Å². The molecule has 0 bridgehead atoms. The quantitative estimate of drug-likeness (QED) is 0.104. The van der Waals surface area contributed by atoms with Gasteiger partial charge < -0.3 is 5.11 Å². The number of aromatic nitrogens is 2. The second-order valence-electron chi connectivity index (χ2n) is 13.5. The number of hydrogen-bond acceptors (Lipinski definition) is 4. The Kier molecular flexibility index (Phi) is 12.7. The van der Waals surface area contributed by atoms with Crippen molar-refractivity contribution in [3.05, 3.63) is 95.1 Å². The Hall–Kier alpha value is -3.14. The van der Waals surface area contributed by atoms with Crippen LogP contribution in [0.3, 0.4) is 0 Å². The van der Waals surface area contributed by atoms with Crippen LogP contribution in [0.15, 0.2) is 66.7 Å². The molecule has 0 amide bonds. The van der Waals surface area contributed by atoms with E-state index in [0.29, 0.717) is 5.92 Å². The summed E-state index contributed by atoms with van der Waals surface area (Å²) in [5, 5.41) is 12.6. The molecule has 5 heteroatoms. The summed E-state index contributed by atoms with van der Waals surface area (Å²) >= 11 is 0. The molecule has 0 saturated carbocycles. The van der Waals surface area contributed by atoms with E-state index in [1.54, 1.807) is 0 Å². The van der Waals surface area contributed by atoms with E-state index in [1.165, 1.54) is 39.3 Å². The van der Waals surface area contributed by atoms with Gasteiger partial charge in [0, 0.05) is 66.4 Å². The standard InChI is InChI=1S/C26H23N2.C15H28O2.Ir/c1-16(2)23-12-21(11-18-6-4-5-7-22(18)23)26-13-24-20(14-28-26)9-8-19-10-17(3)27-15-25(19)24;1-7-14(5,8-2)12(16)11-13(17)15(6,9-3)10-4;/h4-7,10,12-16H,8-9H2,1-3H3;11,16H,7-10H2,1-6H3;/q-1;;/b;12-11-;. The maximum atomic E-state index is 12.2. The summed E-state index contributed by atoms with van der Waals surface area (Å²) in [5.41, 5.74) is 9.11. The van der Waals surface area contributed by atoms with Crippen LogP contribution in [-0.2, 0) is 37.7 Å². The molecule has 1 radical (unpaired) electrons. The van der Waals surface area contributed by atoms with E-state index in [1.807, 2.05) is 53.9 Å². The molecule has 1 aliphatic rings. The van der Waals surface area contributed by atoms with Gasteiger partial charge in [-0.05, 0) is 74.1 Å². The molecule has 0 saturated heterocycles. The van der Waals surface area contributed by atoms with Gasteiger partial charge in [0.05, 0.1) is 0 Å². The third-order valence-corrected chi connectivity index (χ3v) is 10.4. The third kappa shape index (κ3) is 7.86. The maximum Gasteiger partial charge on any atom is 0.164 e. The number of carbonyl (C=O) groups is 1. The van der Waals surface area contributed by atoms with E-state index < -0.39 is 0 Å². The number of fused-ring (bicyclic) bond motifs is 4. The zero-order valence-electron chi connectivity index (χ0n) is 29.2. The van der Waals surface area contributed by atoms with Gasteiger partial charge in [-0.1, -0.05) is 90.6 Å². The Morgan fingerprint density at radius 2 is 1.52 bits per heavy atom. The molecule has 4 aromatic rings. The monoisotopic (exact) mass is 796 g/mol. The van der Waals surface area contributed by atoms with Gasteiger partial charge in [-0.15, -0.1) is 29.1 Å². The predicted octanol–water partition coefficient (Wildman–Crippen LogP) is 10.9. The summed E-state index contributed by atoms with van der Waals surface area (Å²) in [6.45, 7) is 18.6. The molecule has 247 valence electrons. The number of carbonyl (C=O) groups excluding carboxylic acids is 1. The Balaban J connectivity index is 0.000000280. The van der Waals surface area contributed by atoms with Crippen molar-refractivity contribution in [3.8, 4) is 22.4 Å². The van der Waals surface area contributed by atoms with Crippen molar-refractivity contribution in [1.82, 2.24) is 9.97 Å². The average molecular weight is 796 g/mol. The molecule has 0 atom stereocenters. The van der Waals surface area contributed by atoms with E-state index >= 15 is 0 Å². The van der Waals surface area contributed by atoms with Crippen molar-refractivity contribution < 1.29 is 30.0 Å². The summed E-state index contributed by atoms with van der Waals surface area (Å²) in [6.07, 6.45) is 10.9. The van der Waals surface area contributed by atoms with Crippen molar-refractivity contribution in [2.24, 2.45) is 10.8 Å². The molecular weight excluding hydrogens is 745 g/mol. The van der Waals surface area contributed by atoms with Crippen molar-refractivity contribution in [1.29, 1.82) is 0 Å². The molecular formula is C41H51IrN2O2-. The molecule has 0 aliphatic heterocycles. The van der Waals surface area contributed by atoms with Crippen LogP contribution in [0.1, 0.15) is 109 Å². The molecule has 4 nitrogen and oxygen atoms in total. The number of aliphatic hydroxyl groups is 1. The second-order valence-corrected chi connectivity index (χ2v) is 13.5. The fraction of sp³-hybridized carbons (Fsp3) is 0.439. The van der Waals surface area contributed by atoms with E-state index in [4.69, 9.17) is 4.98 Å². The number of nitrogens with zero attached hydrogens (tertiary/aromatic N) is 2. The Bertz CT molecular complexity index is 1700. The molecule has 1 N–H and O–H groups in total. The van der Waals surface area contributed by atoms with E-state index in [2.05, 4.69) is 74.3 Å². The Morgan fingerprint density at radius 1 is 0.891 bits per heavy atom. The zero-order chi connectivity index (χ0) is 32.9. The predicted molar refractivity (Wildman–Crippen MR) is 189 cm³/mol. The van der Waals surface area contributed by atoms with Gasteiger partial charge >= 0.3 is 0 Å². The van der Waals surface area contributed by atoms with Crippen molar-refractivity contribution in [3.63, 3.8) is 0 Å². The summed E-state index contributed by atoms with van der Waals surface area (Å²) < 4.78 is 0. The molecule has 0 unspecified atom stereocenters. The first-order valence-electron chi connectivity index (χ1n) is 16.7. The van der Waals surface area contributed by atoms with Crippen LogP contribution in [0.2, 0.25) is 0 Å². The van der Waals surface area contributed by atoms with Gasteiger partial charge in [0.15, 0.2) is 5.78 Å². The van der Waals surface area contributed by atoms with Crippen LogP contribution in [-0.4, -0.2) is 20.9 Å². The summed E-state index contributed by atoms with van der Waals surface area (Å²) in [6, 6.07) is 18.8. The smallest absolute Gasteiger partial charge is 0.164 e. The van der Waals surface area contributed by atoms with Crippen LogP contribution in [0.5, 0.6) is 0 Å². The van der Waals surface area contributed by atoms with Crippen molar-refractivity contribution >= 4 is 16.6 Å². The minimum absolute atomic E-state index is 0. The summed E-state index contributed by atoms with van der Waals surface area (Å²) in [7, 11) is 0. The van der Waals surface area contributed by atoms with Gasteiger partial charge in [0.2, 0.25) is 0 Å². The number of rotatable bonds is 9. The number of pyridine rings is 2. The van der Waals surface area contributed by atoms with Crippen LogP contribution in [0, 0.1) is 23.8 Å². The first-order valence-corrected chi connectivity index (χ1v) is 16.7. The Morgan fingerprint density at radius 3 is 2.15 bits per heavy atom. The topological polar surface area (TPSA) is 63.1 Å². The minimum atomic E-state index is -0.337. The molecule has 2 heterocycles. The molecule has 0 fully saturated rings. The fourth-order valence-corrected chi connectivity index (χ4v) is 5.97. The van der Waals surface area contributed by atoms with E-state index in [9.17, 15) is 9.90 Å². The van der Waals surface area contributed by atoms with Gasteiger partial charge in [-0.3, -0.25) is 14.8 Å². The van der Waals surface area contributed by atoms with Crippen molar-refractivity contribution in [2.75, 3.05) is 0 Å². The first-order chi connectivity index (χ1) is 21.4. The number of benzene rings is 2. The SMILES string of the molecule is CCC(C)(CC)C(=O)/C=C(\O)C(C)(CC)CC.Cc1cc2c(cn1)-c1cc(-c3[c-]c4ccccc4c(C(C)C)c3)ncc1CC2.[Ir]. The third-order valence-electron chi connectivity index (χ3n) is 10.4. The molecule has 2 aromatic heterocycles. The molecule has 0 spiro atoms. The molecule has 46 heavy (non-hydrogen) atoms. The molecule has 5 rings (SSSR count). The van der Waals surface area contributed by atoms with Gasteiger partial charge in [-0.25, -0.2) is 0 Å². The molecule has 2 aromatic carbocycles. The fourth-order valence-electron chi connectivity index (χ4n) is 5.97. The summed E-state index contributed by atoms with van der Waals surface area (Å²) in [4.78, 5) is 21.5. The van der Waals surface area contributed by atoms with Crippen molar-refractivity contribution in [2.45, 2.75) is 107 Å². The van der Waals surface area contributed by atoms with E-state index in [-0.39, 0.29) is 42.5 Å². The first kappa shape index (κ1) is 37.3. The average Bonchev–Trinajstić information content (AvgIpc) is 3.06. The van der Waals surface area contributed by atoms with Crippen LogP contribution in [0.25, 0.3) is 33.2 Å². The Labute approximate surface area is 290 Å². The number of allylic oxidation sites excluding steroid dienone is 2. The van der Waals surface area contributed by atoms with Crippen LogP contribution >= 0.6 is 0 Å². The van der Waals surface area contributed by atoms with Gasteiger partial charge in [-0.2, -0.15) is 0 Å². The largest absolute Gasteiger partial charge is 0.512 e. The van der Waals surface area contributed by atoms with Gasteiger partial charge in [0.25, 0.3) is 0 Å². The normalized spacial score (nSPS) is 13.0.